The maximum atomic E-state index is 14.3. The van der Waals surface area contributed by atoms with Gasteiger partial charge in [0.05, 0.1) is 30.3 Å². The molecule has 8 nitrogen and oxygen atoms in total. The van der Waals surface area contributed by atoms with Crippen LogP contribution in [0.4, 0.5) is 0 Å². The van der Waals surface area contributed by atoms with Crippen LogP contribution in [-0.4, -0.2) is 45.2 Å². The summed E-state index contributed by atoms with van der Waals surface area (Å²) in [4.78, 5) is 4.72. The number of aromatic nitrogens is 3. The van der Waals surface area contributed by atoms with Crippen molar-refractivity contribution in [1.82, 2.24) is 13.5 Å². The molecular weight excluding hydrogens is 579 g/mol. The molecule has 2 aromatic carbocycles. The Labute approximate surface area is 256 Å². The quantitative estimate of drug-likeness (QED) is 0.148. The predicted molar refractivity (Wildman–Crippen MR) is 174 cm³/mol. The van der Waals surface area contributed by atoms with E-state index in [0.29, 0.717) is 22.8 Å². The van der Waals surface area contributed by atoms with Crippen LogP contribution in [0.15, 0.2) is 71.9 Å². The number of hydrogen-bond acceptors (Lipinski definition) is 6. The molecule has 0 saturated carbocycles. The van der Waals surface area contributed by atoms with Crippen LogP contribution < -0.4 is 9.47 Å². The average Bonchev–Trinajstić information content (AvgIpc) is 3.52. The highest BCUT2D eigenvalue weighted by Gasteiger charge is 2.29. The number of rotatable bonds is 10. The number of fused-ring (bicyclic) bond motifs is 2. The highest BCUT2D eigenvalue weighted by molar-refractivity contribution is 7.90. The van der Waals surface area contributed by atoms with Crippen LogP contribution in [0, 0.1) is 12.3 Å². The Balaban J connectivity index is 1.83. The lowest BCUT2D eigenvalue weighted by Gasteiger charge is -2.27. The fraction of sp³-hybridized carbons (Fsp3) is 0.364. The largest absolute Gasteiger partial charge is 0.493 e. The molecule has 0 saturated heterocycles. The van der Waals surface area contributed by atoms with Crippen molar-refractivity contribution < 1.29 is 22.3 Å². The molecule has 0 aliphatic carbocycles. The summed E-state index contributed by atoms with van der Waals surface area (Å²) in [5.74, 6) is 1.14. The van der Waals surface area contributed by atoms with Crippen molar-refractivity contribution in [2.75, 3.05) is 14.2 Å². The maximum Gasteiger partial charge on any atom is 0.269 e. The van der Waals surface area contributed by atoms with Gasteiger partial charge in [-0.15, -0.1) is 0 Å². The molecule has 0 spiro atoms. The lowest BCUT2D eigenvalue weighted by Crippen LogP contribution is -2.21. The van der Waals surface area contributed by atoms with Crippen LogP contribution >= 0.6 is 0 Å². The van der Waals surface area contributed by atoms with E-state index in [2.05, 4.69) is 43.4 Å². The molecule has 5 aromatic rings. The highest BCUT2D eigenvalue weighted by Crippen LogP contribution is 2.43. The van der Waals surface area contributed by atoms with Crippen LogP contribution in [0.3, 0.4) is 0 Å². The Bertz CT molecular complexity index is 1870. The minimum Gasteiger partial charge on any atom is -0.493 e. The predicted octanol–water partition coefficient (Wildman–Crippen LogP) is 7.81. The Morgan fingerprint density at radius 2 is 1.65 bits per heavy atom. The third-order valence-electron chi connectivity index (χ3n) is 7.52. The second-order valence-electron chi connectivity index (χ2n) is 12.3. The van der Waals surface area contributed by atoms with Gasteiger partial charge in [0.25, 0.3) is 10.0 Å². The van der Waals surface area contributed by atoms with Crippen LogP contribution in [0.2, 0.25) is 13.1 Å². The molecule has 43 heavy (non-hydrogen) atoms. The van der Waals surface area contributed by atoms with Crippen LogP contribution in [0.5, 0.6) is 11.5 Å². The number of ether oxygens (including phenoxy) is 2. The number of nitrogens with zero attached hydrogens (tertiary/aromatic N) is 3. The van der Waals surface area contributed by atoms with Gasteiger partial charge < -0.3 is 18.5 Å². The number of pyridine rings is 1. The highest BCUT2D eigenvalue weighted by atomic mass is 32.2. The Morgan fingerprint density at radius 3 is 2.28 bits per heavy atom. The fourth-order valence-corrected chi connectivity index (χ4v) is 7.62. The molecule has 5 rings (SSSR count). The smallest absolute Gasteiger partial charge is 0.269 e. The molecule has 3 aromatic heterocycles. The van der Waals surface area contributed by atoms with Crippen LogP contribution in [0.25, 0.3) is 33.2 Å². The van der Waals surface area contributed by atoms with Crippen molar-refractivity contribution in [1.29, 1.82) is 0 Å². The van der Waals surface area contributed by atoms with E-state index in [1.165, 1.54) is 3.97 Å². The zero-order valence-corrected chi connectivity index (χ0v) is 28.0. The molecule has 0 amide bonds. The first-order valence-corrected chi connectivity index (χ1v) is 18.2. The molecular formula is C33H40N3O5SSi. The van der Waals surface area contributed by atoms with E-state index < -0.39 is 19.1 Å². The van der Waals surface area contributed by atoms with Gasteiger partial charge in [0.15, 0.2) is 17.1 Å². The van der Waals surface area contributed by atoms with Crippen molar-refractivity contribution in [2.24, 2.45) is 5.41 Å². The van der Waals surface area contributed by atoms with Gasteiger partial charge in [-0.05, 0) is 74.7 Å². The molecule has 227 valence electrons. The first-order chi connectivity index (χ1) is 20.3. The van der Waals surface area contributed by atoms with E-state index in [0.717, 1.165) is 40.3 Å². The lowest BCUT2D eigenvalue weighted by atomic mass is 9.90. The average molecular weight is 619 g/mol. The second-order valence-corrected chi connectivity index (χ2v) is 16.1. The number of aryl methyl sites for hydroxylation is 1. The number of benzene rings is 2. The first-order valence-electron chi connectivity index (χ1n) is 14.4. The lowest BCUT2D eigenvalue weighted by molar-refractivity contribution is 0.111. The summed E-state index contributed by atoms with van der Waals surface area (Å²) in [6.45, 7) is 12.9. The summed E-state index contributed by atoms with van der Waals surface area (Å²) < 4.78 is 50.2. The molecule has 0 fully saturated rings. The standard InChI is InChI=1S/C33H40N3O5SSi/c1-22-11-13-24(14-12-22)42(37,38)36-28(18-23-10-9-17-34-32(23)36)26-21-35(31(41-43(7)8)15-16-33(2,3)4)27-20-30(40-6)29(39-5)19-25(26)27/h9-14,17-21,31H,15-16H2,1-8H3. The number of hydrogen-bond donors (Lipinski definition) is 0. The van der Waals surface area contributed by atoms with Crippen molar-refractivity contribution in [3.05, 3.63) is 72.6 Å². The summed E-state index contributed by atoms with van der Waals surface area (Å²) in [6, 6.07) is 16.3. The van der Waals surface area contributed by atoms with Crippen molar-refractivity contribution in [2.45, 2.75) is 64.8 Å². The minimum absolute atomic E-state index is 0.114. The summed E-state index contributed by atoms with van der Waals surface area (Å²) in [7, 11) is -1.88. The van der Waals surface area contributed by atoms with Gasteiger partial charge in [-0.1, -0.05) is 38.5 Å². The molecule has 10 heteroatoms. The van der Waals surface area contributed by atoms with Gasteiger partial charge in [0, 0.05) is 34.8 Å². The minimum atomic E-state index is -4.01. The monoisotopic (exact) mass is 618 g/mol. The van der Waals surface area contributed by atoms with Crippen molar-refractivity contribution in [3.63, 3.8) is 0 Å². The fourth-order valence-electron chi connectivity index (χ4n) is 5.36. The van der Waals surface area contributed by atoms with Crippen LogP contribution in [0.1, 0.15) is 45.4 Å². The molecule has 0 bridgehead atoms. The molecule has 0 N–H and O–H groups in total. The van der Waals surface area contributed by atoms with E-state index in [-0.39, 0.29) is 16.5 Å². The van der Waals surface area contributed by atoms with E-state index in [9.17, 15) is 8.42 Å². The van der Waals surface area contributed by atoms with Gasteiger partial charge in [-0.2, -0.15) is 0 Å². The SMILES string of the molecule is COc1cc2c(-c3cc4cccnc4n3S(=O)(=O)c3ccc(C)cc3)cn(C(CCC(C)(C)C)O[Si](C)C)c2cc1OC. The van der Waals surface area contributed by atoms with E-state index in [4.69, 9.17) is 13.9 Å². The van der Waals surface area contributed by atoms with E-state index in [1.54, 1.807) is 44.7 Å². The molecule has 0 aliphatic rings. The topological polar surface area (TPSA) is 84.6 Å². The third-order valence-corrected chi connectivity index (χ3v) is 9.98. The Hall–Kier alpha value is -3.60. The van der Waals surface area contributed by atoms with E-state index >= 15 is 0 Å². The molecule has 0 aliphatic heterocycles. The maximum absolute atomic E-state index is 14.3. The Kier molecular flexibility index (Phi) is 8.48. The first kappa shape index (κ1) is 30.8. The summed E-state index contributed by atoms with van der Waals surface area (Å²) in [5.41, 5.74) is 3.57. The van der Waals surface area contributed by atoms with Gasteiger partial charge in [0.1, 0.15) is 6.23 Å². The van der Waals surface area contributed by atoms with E-state index in [1.807, 2.05) is 43.5 Å². The molecule has 1 radical (unpaired) electrons. The number of methoxy groups -OCH3 is 2. The van der Waals surface area contributed by atoms with Crippen molar-refractivity contribution >= 4 is 41.0 Å². The van der Waals surface area contributed by atoms with Gasteiger partial charge in [-0.25, -0.2) is 17.4 Å². The zero-order chi connectivity index (χ0) is 31.1. The molecule has 1 unspecified atom stereocenters. The van der Waals surface area contributed by atoms with Gasteiger partial charge in [0.2, 0.25) is 9.04 Å². The molecule has 3 heterocycles. The Morgan fingerprint density at radius 1 is 0.977 bits per heavy atom. The second kappa shape index (κ2) is 11.8. The zero-order valence-electron chi connectivity index (χ0n) is 26.1. The van der Waals surface area contributed by atoms with Crippen LogP contribution in [-0.2, 0) is 14.4 Å². The van der Waals surface area contributed by atoms with Gasteiger partial charge >= 0.3 is 0 Å². The summed E-state index contributed by atoms with van der Waals surface area (Å²) in [5, 5.41) is 1.55. The normalized spacial score (nSPS) is 13.2. The van der Waals surface area contributed by atoms with Gasteiger partial charge in [-0.3, -0.25) is 0 Å². The summed E-state index contributed by atoms with van der Waals surface area (Å²) >= 11 is 0. The molecule has 1 atom stereocenters. The van der Waals surface area contributed by atoms with Crippen molar-refractivity contribution in [3.8, 4) is 22.8 Å². The summed E-state index contributed by atoms with van der Waals surface area (Å²) in [6.07, 6.45) is 5.12. The third kappa shape index (κ3) is 6.09.